The largest absolute Gasteiger partial charge is 0.493 e. The summed E-state index contributed by atoms with van der Waals surface area (Å²) in [5.74, 6) is 0.158. The number of hydrogen-bond donors (Lipinski definition) is 0. The highest BCUT2D eigenvalue weighted by molar-refractivity contribution is 7.91. The first-order valence-electron chi connectivity index (χ1n) is 9.32. The number of methoxy groups -OCH3 is 1. The average molecular weight is 426 g/mol. The minimum absolute atomic E-state index is 0.00643. The number of sulfone groups is 1. The Morgan fingerprint density at radius 1 is 0.867 bits per heavy atom. The van der Waals surface area contributed by atoms with E-state index in [9.17, 15) is 13.2 Å². The van der Waals surface area contributed by atoms with Crippen LogP contribution >= 0.6 is 0 Å². The van der Waals surface area contributed by atoms with Crippen molar-refractivity contribution in [2.24, 2.45) is 0 Å². The number of carbonyl (C=O) groups excluding carboxylic acids is 1. The molecule has 3 aromatic rings. The molecular formula is C23H22O6S. The summed E-state index contributed by atoms with van der Waals surface area (Å²) in [6.07, 6.45) is 0. The lowest BCUT2D eigenvalue weighted by atomic mass is 10.2. The number of benzene rings is 3. The quantitative estimate of drug-likeness (QED) is 0.500. The first kappa shape index (κ1) is 21.4. The van der Waals surface area contributed by atoms with Crippen LogP contribution in [0.5, 0.6) is 11.5 Å². The molecule has 0 atom stereocenters. The van der Waals surface area contributed by atoms with Crippen molar-refractivity contribution in [3.8, 4) is 11.5 Å². The molecule has 3 aromatic carbocycles. The Kier molecular flexibility index (Phi) is 6.74. The lowest BCUT2D eigenvalue weighted by molar-refractivity contribution is 0.0526. The molecule has 0 spiro atoms. The lowest BCUT2D eigenvalue weighted by Gasteiger charge is -2.13. The molecule has 6 nitrogen and oxygen atoms in total. The van der Waals surface area contributed by atoms with Crippen molar-refractivity contribution in [2.75, 3.05) is 13.7 Å². The molecule has 0 aromatic heterocycles. The highest BCUT2D eigenvalue weighted by atomic mass is 32.2. The van der Waals surface area contributed by atoms with Crippen LogP contribution in [0.25, 0.3) is 0 Å². The molecule has 30 heavy (non-hydrogen) atoms. The average Bonchev–Trinajstić information content (AvgIpc) is 2.78. The van der Waals surface area contributed by atoms with Crippen LogP contribution in [0.4, 0.5) is 0 Å². The Labute approximate surface area is 175 Å². The third-order valence-electron chi connectivity index (χ3n) is 4.34. The summed E-state index contributed by atoms with van der Waals surface area (Å²) in [7, 11) is -2.42. The van der Waals surface area contributed by atoms with E-state index in [0.29, 0.717) is 18.1 Å². The van der Waals surface area contributed by atoms with Crippen LogP contribution in [0.3, 0.4) is 0 Å². The van der Waals surface area contributed by atoms with E-state index >= 15 is 0 Å². The van der Waals surface area contributed by atoms with Gasteiger partial charge < -0.3 is 14.2 Å². The van der Waals surface area contributed by atoms with Gasteiger partial charge in [0.15, 0.2) is 11.5 Å². The molecule has 0 aliphatic heterocycles. The molecule has 0 bridgehead atoms. The smallest absolute Gasteiger partial charge is 0.338 e. The van der Waals surface area contributed by atoms with Crippen LogP contribution in [0.1, 0.15) is 22.8 Å². The maximum Gasteiger partial charge on any atom is 0.338 e. The maximum atomic E-state index is 13.1. The fraction of sp³-hybridized carbons (Fsp3) is 0.174. The lowest BCUT2D eigenvalue weighted by Crippen LogP contribution is -2.08. The molecule has 0 saturated carbocycles. The Morgan fingerprint density at radius 3 is 2.30 bits per heavy atom. The van der Waals surface area contributed by atoms with Gasteiger partial charge >= 0.3 is 5.97 Å². The molecule has 0 unspecified atom stereocenters. The van der Waals surface area contributed by atoms with Crippen LogP contribution in [-0.2, 0) is 21.2 Å². The van der Waals surface area contributed by atoms with Gasteiger partial charge in [-0.05, 0) is 42.8 Å². The highest BCUT2D eigenvalue weighted by Crippen LogP contribution is 2.33. The topological polar surface area (TPSA) is 78.9 Å². The van der Waals surface area contributed by atoms with Gasteiger partial charge in [0.05, 0.1) is 29.1 Å². The van der Waals surface area contributed by atoms with Crippen LogP contribution < -0.4 is 9.47 Å². The van der Waals surface area contributed by atoms with E-state index in [2.05, 4.69) is 0 Å². The minimum atomic E-state index is -3.87. The monoisotopic (exact) mass is 426 g/mol. The van der Waals surface area contributed by atoms with Crippen molar-refractivity contribution in [3.05, 3.63) is 83.9 Å². The normalized spacial score (nSPS) is 11.0. The molecule has 3 rings (SSSR count). The molecule has 156 valence electrons. The highest BCUT2D eigenvalue weighted by Gasteiger charge is 2.21. The number of esters is 1. The van der Waals surface area contributed by atoms with E-state index in [1.807, 2.05) is 30.3 Å². The number of hydrogen-bond acceptors (Lipinski definition) is 6. The third kappa shape index (κ3) is 4.80. The van der Waals surface area contributed by atoms with Gasteiger partial charge in [-0.25, -0.2) is 13.2 Å². The van der Waals surface area contributed by atoms with Crippen molar-refractivity contribution in [2.45, 2.75) is 23.3 Å². The molecule has 0 aliphatic rings. The molecule has 0 saturated heterocycles. The maximum absolute atomic E-state index is 13.1. The Bertz CT molecular complexity index is 1120. The second-order valence-electron chi connectivity index (χ2n) is 6.34. The summed E-state index contributed by atoms with van der Waals surface area (Å²) in [4.78, 5) is 12.0. The van der Waals surface area contributed by atoms with Crippen molar-refractivity contribution in [3.63, 3.8) is 0 Å². The van der Waals surface area contributed by atoms with Crippen LogP contribution in [0.2, 0.25) is 0 Å². The van der Waals surface area contributed by atoms with Crippen LogP contribution in [-0.4, -0.2) is 28.1 Å². The molecule has 0 heterocycles. The molecular weight excluding hydrogens is 404 g/mol. The Balaban J connectivity index is 1.88. The van der Waals surface area contributed by atoms with E-state index in [-0.39, 0.29) is 22.0 Å². The number of ether oxygens (including phenoxy) is 3. The summed E-state index contributed by atoms with van der Waals surface area (Å²) in [6.45, 7) is 2.22. The zero-order valence-corrected chi connectivity index (χ0v) is 17.5. The van der Waals surface area contributed by atoms with Gasteiger partial charge in [0.25, 0.3) is 0 Å². The van der Waals surface area contributed by atoms with E-state index in [4.69, 9.17) is 14.2 Å². The molecule has 0 radical (unpaired) electrons. The minimum Gasteiger partial charge on any atom is -0.493 e. The fourth-order valence-electron chi connectivity index (χ4n) is 2.81. The van der Waals surface area contributed by atoms with Gasteiger partial charge in [-0.1, -0.05) is 36.4 Å². The zero-order chi connectivity index (χ0) is 21.6. The van der Waals surface area contributed by atoms with Gasteiger partial charge in [0, 0.05) is 6.07 Å². The van der Waals surface area contributed by atoms with E-state index in [0.717, 1.165) is 5.56 Å². The SMILES string of the molecule is CCOC(=O)c1cccc(S(=O)(=O)c2ccc(OCc3ccccc3)c(OC)c2)c1. The van der Waals surface area contributed by atoms with Gasteiger partial charge in [-0.15, -0.1) is 0 Å². The predicted molar refractivity (Wildman–Crippen MR) is 112 cm³/mol. The standard InChI is InChI=1S/C23H22O6S/c1-3-28-23(24)18-10-7-11-19(14-18)30(25,26)20-12-13-21(22(15-20)27-2)29-16-17-8-5-4-6-9-17/h4-15H,3,16H2,1-2H3. The Hall–Kier alpha value is -3.32. The number of carbonyl (C=O) groups is 1. The summed E-state index contributed by atoms with van der Waals surface area (Å²) < 4.78 is 42.2. The van der Waals surface area contributed by atoms with Gasteiger partial charge in [-0.2, -0.15) is 0 Å². The van der Waals surface area contributed by atoms with Gasteiger partial charge in [0.1, 0.15) is 6.61 Å². The predicted octanol–water partition coefficient (Wildman–Crippen LogP) is 4.28. The summed E-state index contributed by atoms with van der Waals surface area (Å²) >= 11 is 0. The van der Waals surface area contributed by atoms with Crippen molar-refractivity contribution < 1.29 is 27.4 Å². The first-order chi connectivity index (χ1) is 14.5. The zero-order valence-electron chi connectivity index (χ0n) is 16.7. The first-order valence-corrected chi connectivity index (χ1v) is 10.8. The molecule has 0 N–H and O–H groups in total. The second kappa shape index (κ2) is 9.45. The third-order valence-corrected chi connectivity index (χ3v) is 6.09. The van der Waals surface area contributed by atoms with Crippen molar-refractivity contribution in [1.82, 2.24) is 0 Å². The fourth-order valence-corrected chi connectivity index (χ4v) is 4.13. The van der Waals surface area contributed by atoms with E-state index in [1.54, 1.807) is 13.0 Å². The molecule has 0 aliphatic carbocycles. The summed E-state index contributed by atoms with van der Waals surface area (Å²) in [5, 5.41) is 0. The van der Waals surface area contributed by atoms with Crippen molar-refractivity contribution in [1.29, 1.82) is 0 Å². The second-order valence-corrected chi connectivity index (χ2v) is 8.29. The molecule has 0 fully saturated rings. The Morgan fingerprint density at radius 2 is 1.60 bits per heavy atom. The van der Waals surface area contributed by atoms with Gasteiger partial charge in [0.2, 0.25) is 9.84 Å². The number of rotatable bonds is 8. The van der Waals surface area contributed by atoms with Gasteiger partial charge in [-0.3, -0.25) is 0 Å². The van der Waals surface area contributed by atoms with Crippen LogP contribution in [0.15, 0.2) is 82.6 Å². The van der Waals surface area contributed by atoms with Crippen molar-refractivity contribution >= 4 is 15.8 Å². The van der Waals surface area contributed by atoms with E-state index < -0.39 is 15.8 Å². The molecule has 7 heteroatoms. The summed E-state index contributed by atoms with van der Waals surface area (Å²) in [5.41, 5.74) is 1.15. The molecule has 0 amide bonds. The van der Waals surface area contributed by atoms with E-state index in [1.165, 1.54) is 43.5 Å². The summed E-state index contributed by atoms with van der Waals surface area (Å²) in [6, 6.07) is 19.8. The van der Waals surface area contributed by atoms with Crippen LogP contribution in [0, 0.1) is 0 Å².